The first-order chi connectivity index (χ1) is 11.8. The van der Waals surface area contributed by atoms with Gasteiger partial charge in [-0.25, -0.2) is 4.31 Å². The van der Waals surface area contributed by atoms with Crippen molar-refractivity contribution in [2.75, 3.05) is 31.5 Å². The average Bonchev–Trinajstić information content (AvgIpc) is 2.65. The predicted molar refractivity (Wildman–Crippen MR) is 97.9 cm³/mol. The molecule has 0 bridgehead atoms. The number of nitrogens with zero attached hydrogens (tertiary/aromatic N) is 2. The molecule has 0 radical (unpaired) electrons. The van der Waals surface area contributed by atoms with Crippen LogP contribution in [0.3, 0.4) is 0 Å². The van der Waals surface area contributed by atoms with Crippen LogP contribution in [0.2, 0.25) is 0 Å². The Hall–Kier alpha value is -1.99. The van der Waals surface area contributed by atoms with Gasteiger partial charge in [0, 0.05) is 43.9 Å². The summed E-state index contributed by atoms with van der Waals surface area (Å²) >= 11 is 1.63. The molecule has 1 aliphatic rings. The molecule has 0 saturated carbocycles. The quantitative estimate of drug-likeness (QED) is 0.784. The number of rotatable bonds is 6. The van der Waals surface area contributed by atoms with Crippen LogP contribution in [-0.4, -0.2) is 41.9 Å². The molecular formula is C17H22N4O2S. The number of carbonyl (C=O) groups is 1. The number of pyridine rings is 1. The molecule has 2 heterocycles. The SMILES string of the molecule is CNC(=O)COc1ccc(NSN2CCCCC2)c2ncccc12. The van der Waals surface area contributed by atoms with E-state index in [2.05, 4.69) is 19.3 Å². The number of anilines is 1. The predicted octanol–water partition coefficient (Wildman–Crippen LogP) is 2.82. The van der Waals surface area contributed by atoms with Crippen molar-refractivity contribution in [3.63, 3.8) is 0 Å². The first-order valence-electron chi connectivity index (χ1n) is 8.17. The van der Waals surface area contributed by atoms with Gasteiger partial charge in [-0.2, -0.15) is 0 Å². The van der Waals surface area contributed by atoms with E-state index in [-0.39, 0.29) is 12.5 Å². The number of benzene rings is 1. The molecule has 1 aromatic carbocycles. The van der Waals surface area contributed by atoms with Crippen LogP contribution in [0.15, 0.2) is 30.5 Å². The van der Waals surface area contributed by atoms with Crippen LogP contribution < -0.4 is 14.8 Å². The zero-order valence-electron chi connectivity index (χ0n) is 13.7. The van der Waals surface area contributed by atoms with E-state index >= 15 is 0 Å². The molecular weight excluding hydrogens is 324 g/mol. The molecule has 0 spiro atoms. The van der Waals surface area contributed by atoms with E-state index in [1.807, 2.05) is 24.3 Å². The van der Waals surface area contributed by atoms with Crippen molar-refractivity contribution in [3.05, 3.63) is 30.5 Å². The molecule has 1 aliphatic heterocycles. The fourth-order valence-corrected chi connectivity index (χ4v) is 3.47. The Balaban J connectivity index is 1.75. The highest BCUT2D eigenvalue weighted by atomic mass is 32.2. The van der Waals surface area contributed by atoms with Crippen LogP contribution >= 0.6 is 12.1 Å². The molecule has 2 N–H and O–H groups in total. The number of nitrogens with one attached hydrogen (secondary N) is 2. The summed E-state index contributed by atoms with van der Waals surface area (Å²) in [5, 5.41) is 3.44. The van der Waals surface area contributed by atoms with Crippen LogP contribution in [0.5, 0.6) is 5.75 Å². The zero-order valence-corrected chi connectivity index (χ0v) is 14.6. The molecule has 24 heavy (non-hydrogen) atoms. The molecule has 0 atom stereocenters. The minimum Gasteiger partial charge on any atom is -0.483 e. The third-order valence-electron chi connectivity index (χ3n) is 3.97. The number of likely N-dealkylation sites (N-methyl/N-ethyl adjacent to an activating group) is 1. The Bertz CT molecular complexity index is 704. The molecule has 7 heteroatoms. The van der Waals surface area contributed by atoms with E-state index in [4.69, 9.17) is 4.74 Å². The van der Waals surface area contributed by atoms with Crippen molar-refractivity contribution >= 4 is 34.6 Å². The van der Waals surface area contributed by atoms with Crippen LogP contribution in [0.1, 0.15) is 19.3 Å². The van der Waals surface area contributed by atoms with Crippen molar-refractivity contribution < 1.29 is 9.53 Å². The van der Waals surface area contributed by atoms with E-state index in [1.165, 1.54) is 19.3 Å². The fraction of sp³-hybridized carbons (Fsp3) is 0.412. The number of carbonyl (C=O) groups excluding carboxylic acids is 1. The first kappa shape index (κ1) is 16.9. The second-order valence-electron chi connectivity index (χ2n) is 5.66. The molecule has 1 saturated heterocycles. The van der Waals surface area contributed by atoms with Gasteiger partial charge in [0.15, 0.2) is 6.61 Å². The maximum Gasteiger partial charge on any atom is 0.257 e. The second-order valence-corrected chi connectivity index (χ2v) is 6.56. The van der Waals surface area contributed by atoms with E-state index in [1.54, 1.807) is 25.4 Å². The van der Waals surface area contributed by atoms with Crippen LogP contribution in [0, 0.1) is 0 Å². The van der Waals surface area contributed by atoms with Crippen LogP contribution in [-0.2, 0) is 4.79 Å². The van der Waals surface area contributed by atoms with Crippen molar-refractivity contribution in [3.8, 4) is 5.75 Å². The zero-order chi connectivity index (χ0) is 16.8. The maximum absolute atomic E-state index is 11.4. The van der Waals surface area contributed by atoms with E-state index < -0.39 is 0 Å². The summed E-state index contributed by atoms with van der Waals surface area (Å²) < 4.78 is 11.4. The normalized spacial score (nSPS) is 15.2. The third-order valence-corrected chi connectivity index (χ3v) is 4.90. The highest BCUT2D eigenvalue weighted by Crippen LogP contribution is 2.32. The lowest BCUT2D eigenvalue weighted by Gasteiger charge is -2.25. The van der Waals surface area contributed by atoms with Gasteiger partial charge in [0.1, 0.15) is 5.75 Å². The minimum absolute atomic E-state index is 0.00417. The first-order valence-corrected chi connectivity index (χ1v) is 8.94. The van der Waals surface area contributed by atoms with Gasteiger partial charge in [-0.3, -0.25) is 9.78 Å². The fourth-order valence-electron chi connectivity index (χ4n) is 2.64. The van der Waals surface area contributed by atoms with Gasteiger partial charge < -0.3 is 14.8 Å². The number of hydrogen-bond acceptors (Lipinski definition) is 6. The molecule has 1 amide bonds. The lowest BCUT2D eigenvalue weighted by molar-refractivity contribution is -0.122. The van der Waals surface area contributed by atoms with E-state index in [0.717, 1.165) is 29.7 Å². The van der Waals surface area contributed by atoms with Gasteiger partial charge in [0.2, 0.25) is 0 Å². The van der Waals surface area contributed by atoms with Gasteiger partial charge in [0.25, 0.3) is 5.91 Å². The number of aromatic nitrogens is 1. The molecule has 3 rings (SSSR count). The smallest absolute Gasteiger partial charge is 0.257 e. The Morgan fingerprint density at radius 1 is 1.29 bits per heavy atom. The summed E-state index contributed by atoms with van der Waals surface area (Å²) in [6.45, 7) is 2.21. The summed E-state index contributed by atoms with van der Waals surface area (Å²) in [4.78, 5) is 15.9. The number of ether oxygens (including phenoxy) is 1. The molecule has 1 aromatic heterocycles. The van der Waals surface area contributed by atoms with Gasteiger partial charge in [-0.15, -0.1) is 0 Å². The summed E-state index contributed by atoms with van der Waals surface area (Å²) in [5.74, 6) is 0.505. The Labute approximate surface area is 146 Å². The van der Waals surface area contributed by atoms with E-state index in [9.17, 15) is 4.79 Å². The molecule has 1 fully saturated rings. The molecule has 6 nitrogen and oxygen atoms in total. The van der Waals surface area contributed by atoms with Gasteiger partial charge in [-0.05, 0) is 37.1 Å². The highest BCUT2D eigenvalue weighted by Gasteiger charge is 2.13. The topological polar surface area (TPSA) is 66.5 Å². The van der Waals surface area contributed by atoms with Crippen molar-refractivity contribution in [2.45, 2.75) is 19.3 Å². The Morgan fingerprint density at radius 2 is 2.12 bits per heavy atom. The number of fused-ring (bicyclic) bond motifs is 1. The molecule has 2 aromatic rings. The van der Waals surface area contributed by atoms with Gasteiger partial charge in [-0.1, -0.05) is 6.42 Å². The summed E-state index contributed by atoms with van der Waals surface area (Å²) in [6, 6.07) is 7.66. The third kappa shape index (κ3) is 4.10. The monoisotopic (exact) mass is 346 g/mol. The van der Waals surface area contributed by atoms with E-state index in [0.29, 0.717) is 5.75 Å². The van der Waals surface area contributed by atoms with Gasteiger partial charge in [0.05, 0.1) is 11.2 Å². The van der Waals surface area contributed by atoms with Crippen molar-refractivity contribution in [1.82, 2.24) is 14.6 Å². The average molecular weight is 346 g/mol. The summed E-state index contributed by atoms with van der Waals surface area (Å²) in [5.41, 5.74) is 1.80. The molecule has 0 unspecified atom stereocenters. The lowest BCUT2D eigenvalue weighted by atomic mass is 10.2. The van der Waals surface area contributed by atoms with Crippen LogP contribution in [0.4, 0.5) is 5.69 Å². The maximum atomic E-state index is 11.4. The standard InChI is InChI=1S/C17H22N4O2S/c1-18-16(22)12-23-15-8-7-14(17-13(15)6-5-9-19-17)20-24-21-10-3-2-4-11-21/h5-9,20H,2-4,10-12H2,1H3,(H,18,22). The Kier molecular flexibility index (Phi) is 5.77. The lowest BCUT2D eigenvalue weighted by Crippen LogP contribution is -2.25. The largest absolute Gasteiger partial charge is 0.483 e. The van der Waals surface area contributed by atoms with Crippen LogP contribution in [0.25, 0.3) is 10.9 Å². The van der Waals surface area contributed by atoms with Crippen molar-refractivity contribution in [2.24, 2.45) is 0 Å². The molecule has 0 aliphatic carbocycles. The highest BCUT2D eigenvalue weighted by molar-refractivity contribution is 7.98. The summed E-state index contributed by atoms with van der Waals surface area (Å²) in [6.07, 6.45) is 5.58. The second kappa shape index (κ2) is 8.21. The van der Waals surface area contributed by atoms with Crippen molar-refractivity contribution in [1.29, 1.82) is 0 Å². The number of hydrogen-bond donors (Lipinski definition) is 2. The molecule has 128 valence electrons. The number of piperidine rings is 1. The minimum atomic E-state index is -0.158. The number of amides is 1. The summed E-state index contributed by atoms with van der Waals surface area (Å²) in [7, 11) is 1.59. The van der Waals surface area contributed by atoms with Gasteiger partial charge >= 0.3 is 0 Å². The Morgan fingerprint density at radius 3 is 2.92 bits per heavy atom.